The van der Waals surface area contributed by atoms with Crippen molar-refractivity contribution in [1.82, 2.24) is 0 Å². The molecule has 0 fully saturated rings. The van der Waals surface area contributed by atoms with Crippen LogP contribution in [0.5, 0.6) is 0 Å². The molecule has 15 heavy (non-hydrogen) atoms. The van der Waals surface area contributed by atoms with Gasteiger partial charge in [-0.05, 0) is 11.5 Å². The molecule has 2 aromatic rings. The lowest BCUT2D eigenvalue weighted by Crippen LogP contribution is -2.20. The van der Waals surface area contributed by atoms with Gasteiger partial charge in [-0.3, -0.25) is 0 Å². The highest BCUT2D eigenvalue weighted by molar-refractivity contribution is 5.93. The number of rotatable bonds is 3. The Morgan fingerprint density at radius 3 is 2.60 bits per heavy atom. The van der Waals surface area contributed by atoms with Crippen LogP contribution in [0.1, 0.15) is 0 Å². The van der Waals surface area contributed by atoms with E-state index in [2.05, 4.69) is 10.2 Å². The molecule has 0 heterocycles. The van der Waals surface area contributed by atoms with Gasteiger partial charge in [0.15, 0.2) is 0 Å². The molecule has 0 unspecified atom stereocenters. The van der Waals surface area contributed by atoms with E-state index in [1.807, 2.05) is 30.3 Å². The average molecular weight is 203 g/mol. The van der Waals surface area contributed by atoms with Crippen molar-refractivity contribution in [1.29, 1.82) is 0 Å². The minimum atomic E-state index is 0.519. The minimum Gasteiger partial charge on any atom is -0.188 e. The summed E-state index contributed by atoms with van der Waals surface area (Å²) in [7, 11) is 0. The molecule has 0 saturated carbocycles. The second kappa shape index (κ2) is 4.04. The van der Waals surface area contributed by atoms with E-state index in [4.69, 9.17) is 5.90 Å². The van der Waals surface area contributed by atoms with Crippen molar-refractivity contribution in [2.45, 2.75) is 0 Å². The van der Waals surface area contributed by atoms with Gasteiger partial charge in [0, 0.05) is 5.39 Å². The molecule has 2 N–H and O–H groups in total. The van der Waals surface area contributed by atoms with Crippen molar-refractivity contribution in [2.24, 2.45) is 11.2 Å². The number of anilines is 1. The zero-order valence-electron chi connectivity index (χ0n) is 7.83. The molecule has 5 nitrogen and oxygen atoms in total. The van der Waals surface area contributed by atoms with Crippen molar-refractivity contribution in [3.8, 4) is 0 Å². The topological polar surface area (TPSA) is 67.9 Å². The van der Waals surface area contributed by atoms with E-state index in [0.29, 0.717) is 5.69 Å². The van der Waals surface area contributed by atoms with Crippen LogP contribution in [0, 0.1) is 4.91 Å². The Hall–Kier alpha value is -1.98. The zero-order valence-corrected chi connectivity index (χ0v) is 7.83. The zero-order chi connectivity index (χ0) is 10.7. The molecule has 0 saturated heterocycles. The van der Waals surface area contributed by atoms with Gasteiger partial charge < -0.3 is 0 Å². The van der Waals surface area contributed by atoms with Gasteiger partial charge in [0.25, 0.3) is 0 Å². The smallest absolute Gasteiger partial charge is 0.103 e. The molecule has 76 valence electrons. The van der Waals surface area contributed by atoms with Crippen LogP contribution in [0.3, 0.4) is 0 Å². The fourth-order valence-electron chi connectivity index (χ4n) is 1.50. The van der Waals surface area contributed by atoms with E-state index in [1.54, 1.807) is 12.1 Å². The Morgan fingerprint density at radius 1 is 1.13 bits per heavy atom. The van der Waals surface area contributed by atoms with Gasteiger partial charge in [0.2, 0.25) is 0 Å². The molecule has 0 atom stereocenters. The maximum absolute atomic E-state index is 10.5. The highest BCUT2D eigenvalue weighted by Crippen LogP contribution is 2.26. The Balaban J connectivity index is 2.64. The lowest BCUT2D eigenvalue weighted by molar-refractivity contribution is 0.112. The van der Waals surface area contributed by atoms with Crippen molar-refractivity contribution in [3.05, 3.63) is 47.4 Å². The van der Waals surface area contributed by atoms with Crippen molar-refractivity contribution in [3.63, 3.8) is 0 Å². The number of nitroso groups, excluding NO2 is 1. The SMILES string of the molecule is NON(N=O)c1cccc2ccccc12. The lowest BCUT2D eigenvalue weighted by atomic mass is 10.1. The van der Waals surface area contributed by atoms with Gasteiger partial charge in [-0.2, -0.15) is 10.8 Å². The molecule has 0 aromatic heterocycles. The molecular formula is C10H9N3O2. The van der Waals surface area contributed by atoms with Crippen LogP contribution in [0.4, 0.5) is 5.69 Å². The van der Waals surface area contributed by atoms with Gasteiger partial charge in [-0.15, -0.1) is 4.91 Å². The van der Waals surface area contributed by atoms with Gasteiger partial charge >= 0.3 is 0 Å². The summed E-state index contributed by atoms with van der Waals surface area (Å²) in [5, 5.41) is 5.24. The van der Waals surface area contributed by atoms with E-state index in [9.17, 15) is 4.91 Å². The molecular weight excluding hydrogens is 194 g/mol. The predicted octanol–water partition coefficient (Wildman–Crippen LogP) is 2.13. The van der Waals surface area contributed by atoms with Crippen LogP contribution in [0.2, 0.25) is 0 Å². The van der Waals surface area contributed by atoms with E-state index < -0.39 is 0 Å². The molecule has 2 aromatic carbocycles. The third-order valence-electron chi connectivity index (χ3n) is 2.15. The maximum Gasteiger partial charge on any atom is 0.103 e. The first-order valence-corrected chi connectivity index (χ1v) is 4.35. The molecule has 0 radical (unpaired) electrons. The molecule has 0 amide bonds. The number of nitrogens with zero attached hydrogens (tertiary/aromatic N) is 2. The van der Waals surface area contributed by atoms with Crippen molar-refractivity contribution >= 4 is 16.5 Å². The van der Waals surface area contributed by atoms with Gasteiger partial charge in [-0.1, -0.05) is 41.6 Å². The fourth-order valence-corrected chi connectivity index (χ4v) is 1.50. The third-order valence-corrected chi connectivity index (χ3v) is 2.15. The molecule has 0 aliphatic carbocycles. The molecule has 0 aliphatic heterocycles. The molecule has 5 heteroatoms. The van der Waals surface area contributed by atoms with E-state index >= 15 is 0 Å². The van der Waals surface area contributed by atoms with Crippen molar-refractivity contribution < 1.29 is 4.94 Å². The van der Waals surface area contributed by atoms with E-state index in [1.165, 1.54) is 0 Å². The number of benzene rings is 2. The normalized spacial score (nSPS) is 10.2. The Morgan fingerprint density at radius 2 is 1.87 bits per heavy atom. The predicted molar refractivity (Wildman–Crippen MR) is 57.5 cm³/mol. The summed E-state index contributed by atoms with van der Waals surface area (Å²) in [6.45, 7) is 0. The molecule has 0 aliphatic rings. The Kier molecular flexibility index (Phi) is 2.57. The first kappa shape index (κ1) is 9.57. The number of fused-ring (bicyclic) bond motifs is 1. The summed E-state index contributed by atoms with van der Waals surface area (Å²) >= 11 is 0. The van der Waals surface area contributed by atoms with Crippen LogP contribution in [0.25, 0.3) is 10.8 Å². The van der Waals surface area contributed by atoms with Crippen LogP contribution in [-0.2, 0) is 4.94 Å². The Labute approximate surface area is 85.9 Å². The second-order valence-corrected chi connectivity index (χ2v) is 2.96. The highest BCUT2D eigenvalue weighted by atomic mass is 16.8. The van der Waals surface area contributed by atoms with Gasteiger partial charge in [0.05, 0.1) is 5.29 Å². The van der Waals surface area contributed by atoms with E-state index in [-0.39, 0.29) is 0 Å². The first-order chi connectivity index (χ1) is 7.36. The summed E-state index contributed by atoms with van der Waals surface area (Å²) in [5.74, 6) is 4.94. The minimum absolute atomic E-state index is 0.519. The summed E-state index contributed by atoms with van der Waals surface area (Å²) in [6, 6.07) is 13.0. The summed E-state index contributed by atoms with van der Waals surface area (Å²) in [6.07, 6.45) is 0. The summed E-state index contributed by atoms with van der Waals surface area (Å²) in [5.41, 5.74) is 0.519. The maximum atomic E-state index is 10.5. The summed E-state index contributed by atoms with van der Waals surface area (Å²) < 4.78 is 0. The first-order valence-electron chi connectivity index (χ1n) is 4.35. The van der Waals surface area contributed by atoms with Crippen LogP contribution >= 0.6 is 0 Å². The van der Waals surface area contributed by atoms with Crippen LogP contribution < -0.4 is 11.1 Å². The quantitative estimate of drug-likeness (QED) is 0.612. The van der Waals surface area contributed by atoms with Crippen LogP contribution in [0.15, 0.2) is 47.8 Å². The largest absolute Gasteiger partial charge is 0.188 e. The van der Waals surface area contributed by atoms with Gasteiger partial charge in [-0.25, -0.2) is 0 Å². The standard InChI is InChI=1S/C10H9N3O2/c11-15-13(12-14)10-7-3-5-8-4-1-2-6-9(8)10/h1-7H,11H2. The Bertz CT molecular complexity index is 482. The molecule has 0 spiro atoms. The molecule has 2 rings (SSSR count). The number of hydrogen-bond donors (Lipinski definition) is 1. The fraction of sp³-hybridized carbons (Fsp3) is 0. The monoisotopic (exact) mass is 203 g/mol. The number of hydrogen-bond acceptors (Lipinski definition) is 4. The second-order valence-electron chi connectivity index (χ2n) is 2.96. The molecule has 0 bridgehead atoms. The third kappa shape index (κ3) is 1.65. The van der Waals surface area contributed by atoms with Gasteiger partial charge in [0.1, 0.15) is 5.69 Å². The lowest BCUT2D eigenvalue weighted by Gasteiger charge is -2.12. The van der Waals surface area contributed by atoms with Crippen LogP contribution in [-0.4, -0.2) is 0 Å². The average Bonchev–Trinajstić information content (AvgIpc) is 2.31. The van der Waals surface area contributed by atoms with Crippen molar-refractivity contribution in [2.75, 3.05) is 5.17 Å². The summed E-state index contributed by atoms with van der Waals surface area (Å²) in [4.78, 5) is 14.8. The van der Waals surface area contributed by atoms with E-state index in [0.717, 1.165) is 15.9 Å². The highest BCUT2D eigenvalue weighted by Gasteiger charge is 2.09. The number of nitrogens with two attached hydrogens (primary N) is 1.